The van der Waals surface area contributed by atoms with E-state index in [0.717, 1.165) is 24.4 Å². The minimum Gasteiger partial charge on any atom is -0.494 e. The number of hydrogen-bond donors (Lipinski definition) is 3. The molecule has 1 fully saturated rings. The number of aromatic nitrogens is 4. The molecule has 208 valence electrons. The quantitative estimate of drug-likeness (QED) is 0.326. The minimum absolute atomic E-state index is 0.0853. The fourth-order valence-corrected chi connectivity index (χ4v) is 5.80. The average Bonchev–Trinajstić information content (AvgIpc) is 3.50. The van der Waals surface area contributed by atoms with Crippen LogP contribution in [0.2, 0.25) is 10.0 Å². The molecule has 13 nitrogen and oxygen atoms in total. The fraction of sp³-hybridized carbons (Fsp3) is 0.286. The van der Waals surface area contributed by atoms with Gasteiger partial charge in [-0.3, -0.25) is 14.6 Å². The molecule has 3 aromatic rings. The van der Waals surface area contributed by atoms with Gasteiger partial charge in [-0.2, -0.15) is 14.5 Å². The predicted octanol–water partition coefficient (Wildman–Crippen LogP) is 2.50. The lowest BCUT2D eigenvalue weighted by molar-refractivity contribution is -0.140. The predicted molar refractivity (Wildman–Crippen MR) is 131 cm³/mol. The maximum atomic E-state index is 13.1. The normalized spacial score (nSPS) is 18.7. The zero-order valence-electron chi connectivity index (χ0n) is 19.7. The fourth-order valence-electron chi connectivity index (χ4n) is 3.63. The van der Waals surface area contributed by atoms with Gasteiger partial charge >= 0.3 is 11.7 Å². The van der Waals surface area contributed by atoms with Crippen LogP contribution >= 0.6 is 23.2 Å². The first-order valence-corrected chi connectivity index (χ1v) is 12.9. The van der Waals surface area contributed by atoms with Crippen molar-refractivity contribution in [3.63, 3.8) is 0 Å². The Morgan fingerprint density at radius 1 is 1.28 bits per heavy atom. The number of hydrogen-bond acceptors (Lipinski definition) is 9. The van der Waals surface area contributed by atoms with Gasteiger partial charge < -0.3 is 14.6 Å². The number of nitrogens with one attached hydrogen (secondary N) is 2. The van der Waals surface area contributed by atoms with Crippen LogP contribution in [0.15, 0.2) is 38.9 Å². The second kappa shape index (κ2) is 10.2. The Morgan fingerprint density at radius 2 is 1.90 bits per heavy atom. The molecular weight excluding hydrogens is 591 g/mol. The lowest BCUT2D eigenvalue weighted by atomic mass is 10.2. The summed E-state index contributed by atoms with van der Waals surface area (Å²) in [5.74, 6) is -2.61. The van der Waals surface area contributed by atoms with Crippen molar-refractivity contribution in [1.29, 1.82) is 0 Å². The molecule has 0 aliphatic heterocycles. The van der Waals surface area contributed by atoms with E-state index in [1.165, 1.54) is 7.11 Å². The average molecular weight is 608 g/mol. The topological polar surface area (TPSA) is 183 Å². The van der Waals surface area contributed by atoms with E-state index in [1.807, 2.05) is 0 Å². The zero-order valence-corrected chi connectivity index (χ0v) is 22.1. The summed E-state index contributed by atoms with van der Waals surface area (Å²) in [7, 11) is -3.27. The number of sulfonamides is 1. The number of carbonyl (C=O) groups is 1. The van der Waals surface area contributed by atoms with E-state index in [4.69, 9.17) is 32.7 Å². The number of alkyl halides is 2. The van der Waals surface area contributed by atoms with E-state index in [0.29, 0.717) is 4.68 Å². The number of rotatable bonds is 9. The van der Waals surface area contributed by atoms with Crippen molar-refractivity contribution in [2.24, 2.45) is 5.92 Å². The number of benzene rings is 1. The molecule has 18 heteroatoms. The van der Waals surface area contributed by atoms with Crippen LogP contribution in [0.3, 0.4) is 0 Å². The molecule has 0 saturated heterocycles. The molecule has 1 aliphatic rings. The lowest BCUT2D eigenvalue weighted by Gasteiger charge is -2.17. The number of pyridine rings is 1. The maximum Gasteiger partial charge on any atom is 0.349 e. The van der Waals surface area contributed by atoms with E-state index in [-0.39, 0.29) is 39.5 Å². The van der Waals surface area contributed by atoms with Gasteiger partial charge in [0.15, 0.2) is 17.2 Å². The molecule has 2 heterocycles. The Bertz CT molecular complexity index is 1690. The molecule has 2 aromatic heterocycles. The molecular formula is C21H17Cl2F2N5O8S. The van der Waals surface area contributed by atoms with Gasteiger partial charge in [-0.05, 0) is 24.5 Å². The highest BCUT2D eigenvalue weighted by Gasteiger charge is 2.60. The summed E-state index contributed by atoms with van der Waals surface area (Å²) in [4.78, 5) is 40.5. The first kappa shape index (κ1) is 28.4. The highest BCUT2D eigenvalue weighted by molar-refractivity contribution is 7.89. The van der Waals surface area contributed by atoms with Crippen LogP contribution < -0.4 is 25.4 Å². The third kappa shape index (κ3) is 5.32. The van der Waals surface area contributed by atoms with Gasteiger partial charge in [-0.25, -0.2) is 27.0 Å². The Labute approximate surface area is 227 Å². The van der Waals surface area contributed by atoms with Gasteiger partial charge in [0.1, 0.15) is 10.4 Å². The maximum absolute atomic E-state index is 13.1. The molecule has 1 aliphatic carbocycles. The number of carboxylic acid groups (broad SMARTS) is 1. The van der Waals surface area contributed by atoms with E-state index in [2.05, 4.69) is 14.8 Å². The first-order valence-electron chi connectivity index (χ1n) is 10.7. The molecule has 1 saturated carbocycles. The SMILES string of the molecule is COc1cnc(Oc2c(Cl)cc(-n3nc(C(F)F)c(=O)[nH]c3=O)cc2Cl)cc1S(=O)(=O)NC1(C(=O)O)CC1C. The van der Waals surface area contributed by atoms with E-state index in [9.17, 15) is 36.7 Å². The van der Waals surface area contributed by atoms with Crippen LogP contribution in [0.25, 0.3) is 5.69 Å². The highest BCUT2D eigenvalue weighted by Crippen LogP contribution is 2.45. The summed E-state index contributed by atoms with van der Waals surface area (Å²) in [5, 5.41) is 12.3. The molecule has 0 bridgehead atoms. The van der Waals surface area contributed by atoms with Gasteiger partial charge in [0.2, 0.25) is 15.9 Å². The second-order valence-corrected chi connectivity index (χ2v) is 10.8. The molecule has 1 aromatic carbocycles. The third-order valence-electron chi connectivity index (χ3n) is 5.82. The van der Waals surface area contributed by atoms with Crippen LogP contribution in [-0.2, 0) is 14.8 Å². The standard InChI is InChI=1S/C21H17Cl2F2N5O8S/c1-8-6-21(8,19(32)33)29-39(35,36)13-5-14(26-7-12(13)37-2)38-16-10(22)3-9(4-11(16)23)30-20(34)27-18(31)15(28-30)17(24)25/h3-5,7-8,17,29H,6H2,1-2H3,(H,32,33)(H,27,31,34). The molecule has 3 N–H and O–H groups in total. The molecule has 39 heavy (non-hydrogen) atoms. The van der Waals surface area contributed by atoms with Crippen LogP contribution in [0.5, 0.6) is 17.4 Å². The Hall–Kier alpha value is -3.60. The Morgan fingerprint density at radius 3 is 2.41 bits per heavy atom. The van der Waals surface area contributed by atoms with Crippen molar-refractivity contribution in [3.05, 3.63) is 61.0 Å². The summed E-state index contributed by atoms with van der Waals surface area (Å²) in [6.45, 7) is 1.58. The van der Waals surface area contributed by atoms with Gasteiger partial charge in [-0.1, -0.05) is 30.1 Å². The van der Waals surface area contributed by atoms with Gasteiger partial charge in [0.25, 0.3) is 12.0 Å². The zero-order chi connectivity index (χ0) is 28.9. The van der Waals surface area contributed by atoms with Crippen LogP contribution in [0.1, 0.15) is 25.5 Å². The van der Waals surface area contributed by atoms with E-state index >= 15 is 0 Å². The Kier molecular flexibility index (Phi) is 7.41. The number of halogens is 4. The van der Waals surface area contributed by atoms with Crippen molar-refractivity contribution in [2.45, 2.75) is 30.2 Å². The van der Waals surface area contributed by atoms with E-state index < -0.39 is 55.7 Å². The molecule has 0 spiro atoms. The molecule has 0 radical (unpaired) electrons. The summed E-state index contributed by atoms with van der Waals surface area (Å²) < 4.78 is 65.6. The van der Waals surface area contributed by atoms with Crippen molar-refractivity contribution in [1.82, 2.24) is 24.5 Å². The summed E-state index contributed by atoms with van der Waals surface area (Å²) in [6, 6.07) is 3.09. The number of ether oxygens (including phenoxy) is 2. The van der Waals surface area contributed by atoms with Crippen molar-refractivity contribution in [3.8, 4) is 23.1 Å². The second-order valence-electron chi connectivity index (χ2n) is 8.36. The number of methoxy groups -OCH3 is 1. The minimum atomic E-state index is -4.45. The lowest BCUT2D eigenvalue weighted by Crippen LogP contribution is -2.44. The molecule has 2 unspecified atom stereocenters. The number of H-pyrrole nitrogens is 1. The van der Waals surface area contributed by atoms with Gasteiger partial charge in [-0.15, -0.1) is 0 Å². The van der Waals surface area contributed by atoms with E-state index in [1.54, 1.807) is 11.9 Å². The van der Waals surface area contributed by atoms with Crippen LogP contribution in [0.4, 0.5) is 8.78 Å². The molecule has 2 atom stereocenters. The number of carboxylic acids is 1. The summed E-state index contributed by atoms with van der Waals surface area (Å²) in [5.41, 5.74) is -5.59. The monoisotopic (exact) mass is 607 g/mol. The van der Waals surface area contributed by atoms with Crippen LogP contribution in [-0.4, -0.2) is 51.9 Å². The van der Waals surface area contributed by atoms with Gasteiger partial charge in [0, 0.05) is 6.07 Å². The summed E-state index contributed by atoms with van der Waals surface area (Å²) >= 11 is 12.5. The van der Waals surface area contributed by atoms with Gasteiger partial charge in [0.05, 0.1) is 29.0 Å². The number of nitrogens with zero attached hydrogens (tertiary/aromatic N) is 3. The third-order valence-corrected chi connectivity index (χ3v) is 7.91. The number of aromatic amines is 1. The smallest absolute Gasteiger partial charge is 0.349 e. The van der Waals surface area contributed by atoms with Crippen molar-refractivity contribution in [2.75, 3.05) is 7.11 Å². The molecule has 4 rings (SSSR count). The first-order chi connectivity index (χ1) is 18.2. The highest BCUT2D eigenvalue weighted by atomic mass is 35.5. The number of aliphatic carboxylic acids is 1. The summed E-state index contributed by atoms with van der Waals surface area (Å²) in [6.07, 6.45) is -2.18. The van der Waals surface area contributed by atoms with Crippen LogP contribution in [0, 0.1) is 5.92 Å². The molecule has 0 amide bonds. The largest absolute Gasteiger partial charge is 0.494 e. The Balaban J connectivity index is 1.70. The van der Waals surface area contributed by atoms with Crippen molar-refractivity contribution >= 4 is 39.2 Å². The van der Waals surface area contributed by atoms with Crippen molar-refractivity contribution < 1.29 is 36.6 Å².